The van der Waals surface area contributed by atoms with Gasteiger partial charge in [-0.2, -0.15) is 0 Å². The summed E-state index contributed by atoms with van der Waals surface area (Å²) in [4.78, 5) is 15.4. The fourth-order valence-electron chi connectivity index (χ4n) is 4.42. The summed E-state index contributed by atoms with van der Waals surface area (Å²) in [5.74, 6) is 1.42. The highest BCUT2D eigenvalue weighted by atomic mass is 35.5. The second-order valence-electron chi connectivity index (χ2n) is 7.56. The summed E-state index contributed by atoms with van der Waals surface area (Å²) in [6.45, 7) is 1.08. The maximum atomic E-state index is 13.4. The Kier molecular flexibility index (Phi) is 7.23. The van der Waals surface area contributed by atoms with E-state index in [2.05, 4.69) is 12.1 Å². The average Bonchev–Trinajstić information content (AvgIpc) is 3.26. The monoisotopic (exact) mass is 432 g/mol. The summed E-state index contributed by atoms with van der Waals surface area (Å²) in [6.07, 6.45) is 1.87. The third-order valence-corrected chi connectivity index (χ3v) is 5.92. The Morgan fingerprint density at radius 3 is 2.47 bits per heavy atom. The molecule has 1 amide bonds. The van der Waals surface area contributed by atoms with Crippen molar-refractivity contribution in [1.82, 2.24) is 4.90 Å². The highest BCUT2D eigenvalue weighted by Crippen LogP contribution is 2.41. The van der Waals surface area contributed by atoms with Gasteiger partial charge in [-0.15, -0.1) is 12.4 Å². The van der Waals surface area contributed by atoms with Gasteiger partial charge in [-0.3, -0.25) is 4.79 Å². The summed E-state index contributed by atoms with van der Waals surface area (Å²) in [5, 5.41) is 0. The molecule has 30 heavy (non-hydrogen) atoms. The zero-order chi connectivity index (χ0) is 20.4. The van der Waals surface area contributed by atoms with Gasteiger partial charge < -0.3 is 24.8 Å². The molecule has 7 heteroatoms. The van der Waals surface area contributed by atoms with E-state index in [1.807, 2.05) is 35.2 Å². The van der Waals surface area contributed by atoms with Crippen LogP contribution in [0.2, 0.25) is 0 Å². The number of hydrogen-bond acceptors (Lipinski definition) is 5. The molecule has 2 aliphatic rings. The molecule has 4 rings (SSSR count). The first-order valence-corrected chi connectivity index (χ1v) is 10.1. The van der Waals surface area contributed by atoms with E-state index < -0.39 is 6.10 Å². The van der Waals surface area contributed by atoms with Crippen LogP contribution < -0.4 is 15.2 Å². The highest BCUT2D eigenvalue weighted by Gasteiger charge is 2.39. The van der Waals surface area contributed by atoms with E-state index in [0.717, 1.165) is 30.4 Å². The molecular formula is C23H29ClN2O4. The molecule has 2 aromatic carbocycles. The number of nitrogens with zero attached hydrogens (tertiary/aromatic N) is 1. The molecule has 3 atom stereocenters. The van der Waals surface area contributed by atoms with Crippen molar-refractivity contribution in [3.05, 3.63) is 59.2 Å². The number of methoxy groups -OCH3 is 2. The average molecular weight is 433 g/mol. The molecule has 0 spiro atoms. The molecule has 2 aromatic rings. The number of fused-ring (bicyclic) bond motifs is 1. The van der Waals surface area contributed by atoms with Crippen LogP contribution in [0, 0.1) is 0 Å². The number of hydrogen-bond donors (Lipinski definition) is 1. The second-order valence-corrected chi connectivity index (χ2v) is 7.56. The van der Waals surface area contributed by atoms with E-state index in [9.17, 15) is 4.79 Å². The fourth-order valence-corrected chi connectivity index (χ4v) is 4.42. The topological polar surface area (TPSA) is 74.0 Å². The van der Waals surface area contributed by atoms with E-state index in [1.54, 1.807) is 14.2 Å². The van der Waals surface area contributed by atoms with Crippen LogP contribution in [0.25, 0.3) is 0 Å². The Morgan fingerprint density at radius 2 is 1.83 bits per heavy atom. The number of carbonyl (C=O) groups is 1. The number of ether oxygens (including phenoxy) is 3. The van der Waals surface area contributed by atoms with Crippen molar-refractivity contribution in [3.63, 3.8) is 0 Å². The van der Waals surface area contributed by atoms with Crippen LogP contribution in [0.1, 0.15) is 35.6 Å². The van der Waals surface area contributed by atoms with Crippen molar-refractivity contribution in [2.24, 2.45) is 5.73 Å². The number of nitrogens with two attached hydrogens (primary N) is 1. The maximum Gasteiger partial charge on any atom is 0.252 e. The Bertz CT molecular complexity index is 877. The van der Waals surface area contributed by atoms with Gasteiger partial charge in [-0.05, 0) is 48.1 Å². The van der Waals surface area contributed by atoms with Gasteiger partial charge in [0.05, 0.1) is 26.4 Å². The first-order chi connectivity index (χ1) is 14.2. The zero-order valence-corrected chi connectivity index (χ0v) is 18.2. The van der Waals surface area contributed by atoms with E-state index in [4.69, 9.17) is 19.9 Å². The lowest BCUT2D eigenvalue weighted by molar-refractivity contribution is -0.145. The van der Waals surface area contributed by atoms with Crippen molar-refractivity contribution >= 4 is 18.3 Å². The molecule has 1 unspecified atom stereocenters. The summed E-state index contributed by atoms with van der Waals surface area (Å²) >= 11 is 0. The van der Waals surface area contributed by atoms with E-state index in [-0.39, 0.29) is 30.5 Å². The van der Waals surface area contributed by atoms with Crippen molar-refractivity contribution in [2.75, 3.05) is 27.3 Å². The van der Waals surface area contributed by atoms with Gasteiger partial charge in [-0.25, -0.2) is 0 Å². The zero-order valence-electron chi connectivity index (χ0n) is 17.4. The van der Waals surface area contributed by atoms with Crippen molar-refractivity contribution in [3.8, 4) is 11.5 Å². The third kappa shape index (κ3) is 4.13. The first kappa shape index (κ1) is 22.4. The minimum Gasteiger partial charge on any atom is -0.493 e. The number of amides is 1. The lowest BCUT2D eigenvalue weighted by Gasteiger charge is -2.39. The summed E-state index contributed by atoms with van der Waals surface area (Å²) in [6, 6.07) is 14.0. The molecule has 1 saturated heterocycles. The standard InChI is InChI=1S/C23H28N2O4.ClH/c1-27-20-12-16-10-11-25(23(26)19-9-8-17(14-24)29-19)22(15-6-4-3-5-7-15)18(16)13-21(20)28-2;/h3-7,12-13,17,19,22H,8-11,14,24H2,1-2H3;1H/t17-,19+,22?;/m1./s1. The predicted octanol–water partition coefficient (Wildman–Crippen LogP) is 3.11. The smallest absolute Gasteiger partial charge is 0.252 e. The second kappa shape index (κ2) is 9.69. The van der Waals surface area contributed by atoms with Gasteiger partial charge in [-0.1, -0.05) is 30.3 Å². The van der Waals surface area contributed by atoms with Gasteiger partial charge >= 0.3 is 0 Å². The molecule has 0 aromatic heterocycles. The lowest BCUT2D eigenvalue weighted by atomic mass is 9.87. The van der Waals surface area contributed by atoms with Crippen LogP contribution in [0.4, 0.5) is 0 Å². The predicted molar refractivity (Wildman–Crippen MR) is 117 cm³/mol. The Labute approximate surface area is 183 Å². The molecule has 6 nitrogen and oxygen atoms in total. The fraction of sp³-hybridized carbons (Fsp3) is 0.435. The van der Waals surface area contributed by atoms with Gasteiger partial charge in [0, 0.05) is 13.1 Å². The Morgan fingerprint density at radius 1 is 1.13 bits per heavy atom. The molecule has 1 fully saturated rings. The van der Waals surface area contributed by atoms with E-state index in [0.29, 0.717) is 24.6 Å². The molecule has 2 N–H and O–H groups in total. The molecule has 0 saturated carbocycles. The van der Waals surface area contributed by atoms with Crippen molar-refractivity contribution < 1.29 is 19.0 Å². The molecule has 2 heterocycles. The number of benzene rings is 2. The van der Waals surface area contributed by atoms with Crippen LogP contribution in [0.5, 0.6) is 11.5 Å². The Balaban J connectivity index is 0.00000256. The van der Waals surface area contributed by atoms with Crippen molar-refractivity contribution in [1.29, 1.82) is 0 Å². The number of carbonyl (C=O) groups excluding carboxylic acids is 1. The first-order valence-electron chi connectivity index (χ1n) is 10.1. The maximum absolute atomic E-state index is 13.4. The minimum absolute atomic E-state index is 0. The molecular weight excluding hydrogens is 404 g/mol. The normalized spacial score (nSPS) is 22.8. The molecule has 162 valence electrons. The SMILES string of the molecule is COc1cc2c(cc1OC)C(c1ccccc1)N(C(=O)[C@@H]1CC[C@H](CN)O1)CC2.Cl. The number of halogens is 1. The minimum atomic E-state index is -0.420. The quantitative estimate of drug-likeness (QED) is 0.785. The van der Waals surface area contributed by atoms with Crippen molar-refractivity contribution in [2.45, 2.75) is 37.5 Å². The van der Waals surface area contributed by atoms with Gasteiger partial charge in [0.1, 0.15) is 6.10 Å². The van der Waals surface area contributed by atoms with Crippen LogP contribution in [0.3, 0.4) is 0 Å². The molecule has 0 radical (unpaired) electrons. The van der Waals surface area contributed by atoms with E-state index >= 15 is 0 Å². The van der Waals surface area contributed by atoms with Crippen LogP contribution in [0.15, 0.2) is 42.5 Å². The molecule has 2 aliphatic heterocycles. The Hall–Kier alpha value is -2.28. The van der Waals surface area contributed by atoms with Gasteiger partial charge in [0.25, 0.3) is 5.91 Å². The van der Waals surface area contributed by atoms with Gasteiger partial charge in [0.2, 0.25) is 0 Å². The van der Waals surface area contributed by atoms with Crippen LogP contribution in [-0.4, -0.2) is 50.3 Å². The summed E-state index contributed by atoms with van der Waals surface area (Å²) in [5.41, 5.74) is 9.06. The lowest BCUT2D eigenvalue weighted by Crippen LogP contribution is -2.45. The number of rotatable bonds is 5. The molecule has 0 aliphatic carbocycles. The van der Waals surface area contributed by atoms with Gasteiger partial charge in [0.15, 0.2) is 11.5 Å². The highest BCUT2D eigenvalue weighted by molar-refractivity contribution is 5.85. The molecule has 0 bridgehead atoms. The van der Waals surface area contributed by atoms with Crippen LogP contribution in [-0.2, 0) is 16.0 Å². The van der Waals surface area contributed by atoms with E-state index in [1.165, 1.54) is 5.56 Å². The van der Waals surface area contributed by atoms with Crippen LogP contribution >= 0.6 is 12.4 Å². The summed E-state index contributed by atoms with van der Waals surface area (Å²) < 4.78 is 16.9. The largest absolute Gasteiger partial charge is 0.493 e. The third-order valence-electron chi connectivity index (χ3n) is 5.92. The summed E-state index contributed by atoms with van der Waals surface area (Å²) in [7, 11) is 3.27.